The fourth-order valence-electron chi connectivity index (χ4n) is 2.33. The fraction of sp³-hybridized carbons (Fsp3) is 0.625. The Morgan fingerprint density at radius 3 is 2.95 bits per heavy atom. The van der Waals surface area contributed by atoms with Gasteiger partial charge in [-0.05, 0) is 45.4 Å². The molecule has 1 amide bonds. The molecule has 0 radical (unpaired) electrons. The van der Waals surface area contributed by atoms with Gasteiger partial charge in [0.2, 0.25) is 5.96 Å². The number of nitrogens with zero attached hydrogens (tertiary/aromatic N) is 2. The average molecular weight is 306 g/mol. The van der Waals surface area contributed by atoms with Gasteiger partial charge in [0.15, 0.2) is 0 Å². The van der Waals surface area contributed by atoms with E-state index in [9.17, 15) is 4.79 Å². The first-order chi connectivity index (χ1) is 10.7. The summed E-state index contributed by atoms with van der Waals surface area (Å²) in [5.41, 5.74) is 2.28. The normalized spacial score (nSPS) is 20.9. The molecule has 0 unspecified atom stereocenters. The molecule has 6 heteroatoms. The maximum atomic E-state index is 11.7. The number of carbonyl (C=O) groups excluding carboxylic acids is 1. The van der Waals surface area contributed by atoms with E-state index in [1.165, 1.54) is 18.4 Å². The first-order valence-corrected chi connectivity index (χ1v) is 8.01. The third-order valence-corrected chi connectivity index (χ3v) is 3.87. The number of amides is 1. The van der Waals surface area contributed by atoms with Crippen molar-refractivity contribution in [3.05, 3.63) is 23.4 Å². The summed E-state index contributed by atoms with van der Waals surface area (Å²) in [5.74, 6) is 0.458. The summed E-state index contributed by atoms with van der Waals surface area (Å²) in [4.78, 5) is 18.2. The molecular weight excluding hydrogens is 280 g/mol. The van der Waals surface area contributed by atoms with Gasteiger partial charge in [0.25, 0.3) is 0 Å². The van der Waals surface area contributed by atoms with Gasteiger partial charge >= 0.3 is 6.09 Å². The van der Waals surface area contributed by atoms with E-state index in [0.717, 1.165) is 31.8 Å². The second kappa shape index (κ2) is 8.58. The smallest absolute Gasteiger partial charge is 0.414 e. The van der Waals surface area contributed by atoms with E-state index in [1.807, 2.05) is 6.08 Å². The van der Waals surface area contributed by atoms with E-state index >= 15 is 0 Å². The topological polar surface area (TPSA) is 66.0 Å². The van der Waals surface area contributed by atoms with Gasteiger partial charge in [-0.25, -0.2) is 9.79 Å². The van der Waals surface area contributed by atoms with Crippen LogP contribution < -0.4 is 10.6 Å². The summed E-state index contributed by atoms with van der Waals surface area (Å²) in [6, 6.07) is 0. The van der Waals surface area contributed by atoms with Gasteiger partial charge in [0, 0.05) is 12.2 Å². The van der Waals surface area contributed by atoms with Crippen molar-refractivity contribution in [2.75, 3.05) is 32.8 Å². The SMILES string of the molecule is CC/C(C)=C\C=C1/CN=C(NC(=O)OCCN2CCCC2)N1. The molecule has 1 saturated heterocycles. The molecule has 2 aliphatic rings. The first kappa shape index (κ1) is 16.5. The van der Waals surface area contributed by atoms with Crippen molar-refractivity contribution in [1.29, 1.82) is 0 Å². The van der Waals surface area contributed by atoms with Crippen molar-refractivity contribution in [3.63, 3.8) is 0 Å². The zero-order chi connectivity index (χ0) is 15.8. The van der Waals surface area contributed by atoms with Crippen molar-refractivity contribution < 1.29 is 9.53 Å². The van der Waals surface area contributed by atoms with Gasteiger partial charge in [-0.2, -0.15) is 0 Å². The Morgan fingerprint density at radius 1 is 1.45 bits per heavy atom. The molecule has 2 rings (SSSR count). The largest absolute Gasteiger partial charge is 0.448 e. The van der Waals surface area contributed by atoms with Crippen LogP contribution >= 0.6 is 0 Å². The molecule has 0 aliphatic carbocycles. The third kappa shape index (κ3) is 5.52. The molecule has 2 heterocycles. The summed E-state index contributed by atoms with van der Waals surface area (Å²) in [5, 5.41) is 5.71. The summed E-state index contributed by atoms with van der Waals surface area (Å²) < 4.78 is 5.17. The van der Waals surface area contributed by atoms with Crippen LogP contribution in [0.3, 0.4) is 0 Å². The molecular formula is C16H26N4O2. The molecule has 0 spiro atoms. The van der Waals surface area contributed by atoms with Gasteiger partial charge in [0.05, 0.1) is 6.54 Å². The molecule has 0 bridgehead atoms. The molecule has 22 heavy (non-hydrogen) atoms. The molecule has 0 aromatic carbocycles. The molecule has 0 saturated carbocycles. The lowest BCUT2D eigenvalue weighted by atomic mass is 10.2. The fourth-order valence-corrected chi connectivity index (χ4v) is 2.33. The van der Waals surface area contributed by atoms with Gasteiger partial charge in [-0.1, -0.05) is 18.6 Å². The van der Waals surface area contributed by atoms with Crippen LogP contribution in [0.2, 0.25) is 0 Å². The maximum Gasteiger partial charge on any atom is 0.414 e. The van der Waals surface area contributed by atoms with Crippen LogP contribution in [0.5, 0.6) is 0 Å². The Bertz CT molecular complexity index is 477. The summed E-state index contributed by atoms with van der Waals surface area (Å²) in [7, 11) is 0. The van der Waals surface area contributed by atoms with Crippen LogP contribution in [0, 0.1) is 0 Å². The second-order valence-electron chi connectivity index (χ2n) is 5.66. The molecule has 2 aliphatic heterocycles. The standard InChI is InChI=1S/C16H26N4O2/c1-3-13(2)6-7-14-12-17-15(18-14)19-16(21)22-11-10-20-8-4-5-9-20/h6-7H,3-5,8-12H2,1-2H3,(H2,17,18,19,21)/b13-6-,14-7+. The molecule has 0 aromatic heterocycles. The molecule has 0 aromatic rings. The Labute approximate surface area is 132 Å². The van der Waals surface area contributed by atoms with Crippen LogP contribution in [-0.2, 0) is 4.74 Å². The number of rotatable bonds is 5. The highest BCUT2D eigenvalue weighted by Crippen LogP contribution is 2.06. The van der Waals surface area contributed by atoms with Gasteiger partial charge < -0.3 is 10.1 Å². The number of guanidine groups is 1. The Balaban J connectivity index is 1.65. The van der Waals surface area contributed by atoms with E-state index in [4.69, 9.17) is 4.74 Å². The van der Waals surface area contributed by atoms with Crippen molar-refractivity contribution in [1.82, 2.24) is 15.5 Å². The van der Waals surface area contributed by atoms with E-state index < -0.39 is 6.09 Å². The lowest BCUT2D eigenvalue weighted by Gasteiger charge is -2.14. The van der Waals surface area contributed by atoms with Gasteiger partial charge in [0.1, 0.15) is 6.61 Å². The monoisotopic (exact) mass is 306 g/mol. The number of nitrogens with one attached hydrogen (secondary N) is 2. The zero-order valence-corrected chi connectivity index (χ0v) is 13.5. The Kier molecular flexibility index (Phi) is 6.45. The number of allylic oxidation sites excluding steroid dienone is 3. The van der Waals surface area contributed by atoms with Crippen LogP contribution in [0.1, 0.15) is 33.1 Å². The van der Waals surface area contributed by atoms with E-state index in [0.29, 0.717) is 19.1 Å². The molecule has 6 nitrogen and oxygen atoms in total. The van der Waals surface area contributed by atoms with Crippen molar-refractivity contribution >= 4 is 12.1 Å². The first-order valence-electron chi connectivity index (χ1n) is 8.01. The van der Waals surface area contributed by atoms with Gasteiger partial charge in [-0.15, -0.1) is 0 Å². The van der Waals surface area contributed by atoms with E-state index in [1.54, 1.807) is 0 Å². The van der Waals surface area contributed by atoms with Crippen LogP contribution in [0.25, 0.3) is 0 Å². The summed E-state index contributed by atoms with van der Waals surface area (Å²) in [6.07, 6.45) is 7.12. The van der Waals surface area contributed by atoms with Crippen LogP contribution in [-0.4, -0.2) is 49.7 Å². The third-order valence-electron chi connectivity index (χ3n) is 3.87. The number of likely N-dealkylation sites (tertiary alicyclic amines) is 1. The minimum Gasteiger partial charge on any atom is -0.448 e. The number of hydrogen-bond donors (Lipinski definition) is 2. The maximum absolute atomic E-state index is 11.7. The molecule has 1 fully saturated rings. The highest BCUT2D eigenvalue weighted by molar-refractivity contribution is 5.96. The Hall–Kier alpha value is -1.82. The van der Waals surface area contributed by atoms with E-state index in [-0.39, 0.29) is 0 Å². The molecule has 122 valence electrons. The lowest BCUT2D eigenvalue weighted by Crippen LogP contribution is -2.38. The number of ether oxygens (including phenoxy) is 1. The Morgan fingerprint density at radius 2 is 2.23 bits per heavy atom. The number of carbonyl (C=O) groups is 1. The lowest BCUT2D eigenvalue weighted by molar-refractivity contribution is 0.137. The highest BCUT2D eigenvalue weighted by atomic mass is 16.5. The van der Waals surface area contributed by atoms with Gasteiger partial charge in [-0.3, -0.25) is 10.2 Å². The van der Waals surface area contributed by atoms with Crippen LogP contribution in [0.15, 0.2) is 28.4 Å². The average Bonchev–Trinajstić information content (AvgIpc) is 3.16. The zero-order valence-electron chi connectivity index (χ0n) is 13.5. The second-order valence-corrected chi connectivity index (χ2v) is 5.66. The quantitative estimate of drug-likeness (QED) is 0.815. The molecule has 0 atom stereocenters. The predicted octanol–water partition coefficient (Wildman–Crippen LogP) is 2.01. The summed E-state index contributed by atoms with van der Waals surface area (Å²) >= 11 is 0. The predicted molar refractivity (Wildman–Crippen MR) is 87.7 cm³/mol. The van der Waals surface area contributed by atoms with Crippen molar-refractivity contribution in [2.24, 2.45) is 4.99 Å². The highest BCUT2D eigenvalue weighted by Gasteiger charge is 2.15. The number of alkyl carbamates (subject to hydrolysis) is 1. The summed E-state index contributed by atoms with van der Waals surface area (Å²) in [6.45, 7) is 8.20. The van der Waals surface area contributed by atoms with Crippen molar-refractivity contribution in [2.45, 2.75) is 33.1 Å². The number of aliphatic imine (C=N–C) groups is 1. The molecule has 2 N–H and O–H groups in total. The van der Waals surface area contributed by atoms with E-state index in [2.05, 4.69) is 40.4 Å². The minimum absolute atomic E-state index is 0.417. The van der Waals surface area contributed by atoms with Crippen molar-refractivity contribution in [3.8, 4) is 0 Å². The minimum atomic E-state index is -0.452. The van der Waals surface area contributed by atoms with Crippen LogP contribution in [0.4, 0.5) is 4.79 Å². The number of hydrogen-bond acceptors (Lipinski definition) is 5.